The fourth-order valence-corrected chi connectivity index (χ4v) is 0. The molecule has 0 aromatic heterocycles. The average molecular weight is 296 g/mol. The molecule has 0 saturated carbocycles. The van der Waals surface area contributed by atoms with Gasteiger partial charge in [-0.15, -0.1) is 0 Å². The minimum Gasteiger partial charge on any atom is -0.907 e. The van der Waals surface area contributed by atoms with Gasteiger partial charge in [0, 0.05) is 0 Å². The van der Waals surface area contributed by atoms with Gasteiger partial charge in [-0.25, -0.2) is 0 Å². The molecule has 0 spiro atoms. The molecule has 0 N–H and O–H groups in total. The second-order valence-corrected chi connectivity index (χ2v) is 0.577. The summed E-state index contributed by atoms with van der Waals surface area (Å²) in [4.78, 5) is 0. The fourth-order valence-electron chi connectivity index (χ4n) is 0. The van der Waals surface area contributed by atoms with E-state index in [4.69, 9.17) is 30.1 Å². The third-order valence-corrected chi connectivity index (χ3v) is 0. The van der Waals surface area contributed by atoms with E-state index in [9.17, 15) is 0 Å². The molecule has 10 heavy (non-hydrogen) atoms. The van der Waals surface area contributed by atoms with E-state index in [-0.39, 0.29) is 71.7 Å². The van der Waals surface area contributed by atoms with Crippen LogP contribution >= 0.6 is 0 Å². The van der Waals surface area contributed by atoms with Gasteiger partial charge in [-0.1, -0.05) is 0 Å². The molecular formula is B2O6SrZr. The molecule has 0 aliphatic heterocycles. The first kappa shape index (κ1) is 22.8. The summed E-state index contributed by atoms with van der Waals surface area (Å²) in [5, 5.41) is 50.5. The maximum Gasteiger partial charge on any atom is 4.00 e. The minimum atomic E-state index is -2.92. The van der Waals surface area contributed by atoms with E-state index in [0.717, 1.165) is 0 Å². The monoisotopic (exact) mass is 296 g/mol. The number of rotatable bonds is 0. The van der Waals surface area contributed by atoms with Gasteiger partial charge in [0.1, 0.15) is 0 Å². The Balaban J connectivity index is -0.0000000300. The van der Waals surface area contributed by atoms with Crippen molar-refractivity contribution in [3.05, 3.63) is 0 Å². The standard InChI is InChI=1S/2BO3.Sr.Zr/c2*2-1(3)4;;/q2*-3;+2;+4. The summed E-state index contributed by atoms with van der Waals surface area (Å²) in [5.74, 6) is 0. The first-order chi connectivity index (χ1) is 3.46. The summed E-state index contributed by atoms with van der Waals surface area (Å²) < 4.78 is 0. The molecule has 0 bridgehead atoms. The third-order valence-electron chi connectivity index (χ3n) is 0. The molecule has 48 valence electrons. The van der Waals surface area contributed by atoms with Crippen LogP contribution in [-0.2, 0) is 26.2 Å². The summed E-state index contributed by atoms with van der Waals surface area (Å²) in [6.45, 7) is 0. The van der Waals surface area contributed by atoms with Gasteiger partial charge < -0.3 is 30.1 Å². The molecule has 0 saturated heterocycles. The first-order valence-corrected chi connectivity index (χ1v) is 1.41. The van der Waals surface area contributed by atoms with Crippen molar-refractivity contribution in [1.82, 2.24) is 0 Å². The Kier molecular flexibility index (Phi) is 39.6. The third kappa shape index (κ3) is 173. The smallest absolute Gasteiger partial charge is 0.907 e. The molecule has 0 fully saturated rings. The predicted molar refractivity (Wildman–Crippen MR) is 17.3 cm³/mol. The van der Waals surface area contributed by atoms with Gasteiger partial charge in [-0.2, -0.15) is 0 Å². The summed E-state index contributed by atoms with van der Waals surface area (Å²) >= 11 is 0. The van der Waals surface area contributed by atoms with Crippen LogP contribution in [0.1, 0.15) is 0 Å². The molecule has 0 rings (SSSR count). The van der Waals surface area contributed by atoms with E-state index < -0.39 is 14.6 Å². The number of hydrogen-bond donors (Lipinski definition) is 0. The number of hydrogen-bond acceptors (Lipinski definition) is 6. The quantitative estimate of drug-likeness (QED) is 0.407. The maximum absolute atomic E-state index is 8.42. The van der Waals surface area contributed by atoms with Crippen LogP contribution in [0.15, 0.2) is 0 Å². The van der Waals surface area contributed by atoms with Gasteiger partial charge in [0.2, 0.25) is 0 Å². The Morgan fingerprint density at radius 2 is 0.600 bits per heavy atom. The molecule has 0 aromatic rings. The average Bonchev–Trinajstić information content (AvgIpc) is 1.25. The Labute approximate surface area is 115 Å². The van der Waals surface area contributed by atoms with Crippen molar-refractivity contribution >= 4 is 60.1 Å². The van der Waals surface area contributed by atoms with Crippen LogP contribution in [0, 0.1) is 0 Å². The molecule has 0 aliphatic rings. The van der Waals surface area contributed by atoms with Gasteiger partial charge in [-0.05, 0) is 0 Å². The summed E-state index contributed by atoms with van der Waals surface area (Å²) in [6.07, 6.45) is 0. The molecule has 6 nitrogen and oxygen atoms in total. The summed E-state index contributed by atoms with van der Waals surface area (Å²) in [6, 6.07) is 0. The van der Waals surface area contributed by atoms with Crippen molar-refractivity contribution in [3.63, 3.8) is 0 Å². The van der Waals surface area contributed by atoms with Gasteiger partial charge in [0.05, 0.1) is 0 Å². The Hall–Kier alpha value is 2.25. The predicted octanol–water partition coefficient (Wildman–Crippen LogP) is -8.28. The van der Waals surface area contributed by atoms with Crippen molar-refractivity contribution < 1.29 is 56.3 Å². The molecule has 0 unspecified atom stereocenters. The first-order valence-electron chi connectivity index (χ1n) is 1.41. The Bertz CT molecular complexity index is 31.2. The minimum absolute atomic E-state index is 0. The molecule has 0 atom stereocenters. The van der Waals surface area contributed by atoms with Crippen molar-refractivity contribution in [3.8, 4) is 0 Å². The van der Waals surface area contributed by atoms with Gasteiger partial charge >= 0.3 is 71.7 Å². The van der Waals surface area contributed by atoms with Crippen LogP contribution in [0.3, 0.4) is 0 Å². The van der Waals surface area contributed by atoms with E-state index >= 15 is 0 Å². The van der Waals surface area contributed by atoms with Crippen LogP contribution in [0.25, 0.3) is 0 Å². The Morgan fingerprint density at radius 3 is 0.600 bits per heavy atom. The maximum atomic E-state index is 8.42. The van der Waals surface area contributed by atoms with Crippen molar-refractivity contribution in [2.75, 3.05) is 0 Å². The molecule has 0 amide bonds. The van der Waals surface area contributed by atoms with E-state index in [1.807, 2.05) is 0 Å². The van der Waals surface area contributed by atoms with E-state index in [1.54, 1.807) is 0 Å². The molecule has 0 aromatic carbocycles. The molecule has 0 heterocycles. The van der Waals surface area contributed by atoms with Crippen LogP contribution in [-0.4, -0.2) is 60.1 Å². The second-order valence-electron chi connectivity index (χ2n) is 0.577. The van der Waals surface area contributed by atoms with Crippen molar-refractivity contribution in [2.24, 2.45) is 0 Å². The van der Waals surface area contributed by atoms with Crippen LogP contribution < -0.4 is 30.1 Å². The summed E-state index contributed by atoms with van der Waals surface area (Å²) in [7, 11) is -5.83. The van der Waals surface area contributed by atoms with Gasteiger partial charge in [0.15, 0.2) is 0 Å². The zero-order valence-corrected chi connectivity index (χ0v) is 10.7. The van der Waals surface area contributed by atoms with Crippen LogP contribution in [0.5, 0.6) is 0 Å². The largest absolute Gasteiger partial charge is 4.00 e. The zero-order valence-electron chi connectivity index (χ0n) is 4.81. The van der Waals surface area contributed by atoms with Crippen molar-refractivity contribution in [2.45, 2.75) is 0 Å². The SMILES string of the molecule is [O-]B([O-])[O-].[O-]B([O-])[O-].[Sr+2].[Zr+4]. The summed E-state index contributed by atoms with van der Waals surface area (Å²) in [5.41, 5.74) is 0. The molecular weight excluding hydrogens is 296 g/mol. The van der Waals surface area contributed by atoms with Crippen LogP contribution in [0.2, 0.25) is 0 Å². The van der Waals surface area contributed by atoms with Gasteiger partial charge in [0.25, 0.3) is 0 Å². The van der Waals surface area contributed by atoms with E-state index in [0.29, 0.717) is 0 Å². The van der Waals surface area contributed by atoms with Crippen LogP contribution in [0.4, 0.5) is 0 Å². The van der Waals surface area contributed by atoms with E-state index in [2.05, 4.69) is 0 Å². The fraction of sp³-hybridized carbons (Fsp3) is 0. The molecule has 0 aliphatic carbocycles. The Morgan fingerprint density at radius 1 is 0.600 bits per heavy atom. The topological polar surface area (TPSA) is 138 Å². The second kappa shape index (κ2) is 17.4. The van der Waals surface area contributed by atoms with Gasteiger partial charge in [-0.3, -0.25) is 14.6 Å². The van der Waals surface area contributed by atoms with E-state index in [1.165, 1.54) is 0 Å². The van der Waals surface area contributed by atoms with Crippen molar-refractivity contribution in [1.29, 1.82) is 0 Å². The zero-order chi connectivity index (χ0) is 7.15. The molecule has 10 heteroatoms. The normalized spacial score (nSPS) is 5.40. The molecule has 0 radical (unpaired) electrons.